The second-order valence-corrected chi connectivity index (χ2v) is 19.3. The number of amides is 1. The smallest absolute Gasteiger partial charge is 0.311 e. The number of benzene rings is 1. The summed E-state index contributed by atoms with van der Waals surface area (Å²) in [6, 6.07) is 9.32. The number of ether oxygens (including phenoxy) is 7. The van der Waals surface area contributed by atoms with Gasteiger partial charge in [-0.15, -0.1) is 0 Å². The van der Waals surface area contributed by atoms with Crippen molar-refractivity contribution in [3.05, 3.63) is 35.9 Å². The first-order valence-corrected chi connectivity index (χ1v) is 22.7. The molecule has 18 atom stereocenters. The number of aliphatic hydroxyl groups excluding tert-OH is 3. The minimum atomic E-state index is -1.98. The molecule has 0 aromatic heterocycles. The molecule has 3 aliphatic heterocycles. The monoisotopic (exact) mass is 894 g/mol. The van der Waals surface area contributed by atoms with Gasteiger partial charge in [0.1, 0.15) is 23.9 Å². The van der Waals surface area contributed by atoms with Crippen LogP contribution in [0.3, 0.4) is 0 Å². The molecule has 4 rings (SSSR count). The molecule has 3 saturated heterocycles. The van der Waals surface area contributed by atoms with Gasteiger partial charge < -0.3 is 58.5 Å². The average Bonchev–Trinajstić information content (AvgIpc) is 3.24. The number of carbonyl (C=O) groups excluding carboxylic acids is 2. The van der Waals surface area contributed by atoms with E-state index in [4.69, 9.17) is 33.2 Å². The van der Waals surface area contributed by atoms with Crippen LogP contribution in [0.1, 0.15) is 107 Å². The van der Waals surface area contributed by atoms with E-state index < -0.39 is 102 Å². The molecule has 1 aromatic carbocycles. The molecule has 16 nitrogen and oxygen atoms in total. The van der Waals surface area contributed by atoms with Crippen molar-refractivity contribution in [2.75, 3.05) is 28.3 Å². The zero-order valence-electron chi connectivity index (χ0n) is 40.1. The van der Waals surface area contributed by atoms with Crippen LogP contribution in [-0.2, 0) is 49.2 Å². The number of hydrogen-bond donors (Lipinski definition) is 5. The largest absolute Gasteiger partial charge is 0.459 e. The normalized spacial score (nSPS) is 43.0. The number of cyclic esters (lactones) is 1. The van der Waals surface area contributed by atoms with Crippen LogP contribution in [0, 0.1) is 23.7 Å². The molecule has 4 unspecified atom stereocenters. The number of esters is 1. The van der Waals surface area contributed by atoms with E-state index >= 15 is 0 Å². The van der Waals surface area contributed by atoms with Crippen LogP contribution in [0.25, 0.3) is 0 Å². The lowest BCUT2D eigenvalue weighted by molar-refractivity contribution is -0.319. The summed E-state index contributed by atoms with van der Waals surface area (Å²) in [4.78, 5) is 29.8. The lowest BCUT2D eigenvalue weighted by atomic mass is 9.73. The van der Waals surface area contributed by atoms with Crippen molar-refractivity contribution in [3.63, 3.8) is 0 Å². The fourth-order valence-electron chi connectivity index (χ4n) is 9.89. The molecule has 5 N–H and O–H groups in total. The average molecular weight is 894 g/mol. The van der Waals surface area contributed by atoms with Crippen LogP contribution < -0.4 is 5.43 Å². The Morgan fingerprint density at radius 1 is 0.905 bits per heavy atom. The molecule has 3 fully saturated rings. The summed E-state index contributed by atoms with van der Waals surface area (Å²) >= 11 is 0. The van der Waals surface area contributed by atoms with E-state index in [0.717, 1.165) is 5.56 Å². The van der Waals surface area contributed by atoms with Crippen LogP contribution in [0.2, 0.25) is 0 Å². The van der Waals surface area contributed by atoms with Crippen molar-refractivity contribution < 1.29 is 63.2 Å². The Labute approximate surface area is 375 Å². The number of methoxy groups -OCH3 is 2. The molecule has 16 heteroatoms. The van der Waals surface area contributed by atoms with Gasteiger partial charge in [-0.2, -0.15) is 5.10 Å². The van der Waals surface area contributed by atoms with E-state index in [2.05, 4.69) is 10.5 Å². The molecule has 3 heterocycles. The maximum absolute atomic E-state index is 14.5. The molecule has 0 aliphatic carbocycles. The lowest BCUT2D eigenvalue weighted by Crippen LogP contribution is -2.61. The first kappa shape index (κ1) is 53.0. The van der Waals surface area contributed by atoms with Gasteiger partial charge in [0.25, 0.3) is 0 Å². The van der Waals surface area contributed by atoms with Gasteiger partial charge in [0.15, 0.2) is 12.6 Å². The number of hydrogen-bond acceptors (Lipinski definition) is 15. The minimum absolute atomic E-state index is 0.115. The number of nitrogens with zero attached hydrogens (tertiary/aromatic N) is 2. The van der Waals surface area contributed by atoms with Gasteiger partial charge >= 0.3 is 5.97 Å². The number of nitrogens with one attached hydrogen (secondary N) is 1. The lowest BCUT2D eigenvalue weighted by Gasteiger charge is -2.50. The van der Waals surface area contributed by atoms with Crippen molar-refractivity contribution in [1.82, 2.24) is 10.3 Å². The van der Waals surface area contributed by atoms with Crippen LogP contribution in [0.5, 0.6) is 0 Å². The zero-order chi connectivity index (χ0) is 47.2. The Morgan fingerprint density at radius 3 is 2.13 bits per heavy atom. The van der Waals surface area contributed by atoms with Crippen LogP contribution in [0.4, 0.5) is 0 Å². The Bertz CT molecular complexity index is 1650. The Hall–Kier alpha value is -2.61. The Kier molecular flexibility index (Phi) is 18.7. The number of aryl methyl sites for hydroxylation is 1. The van der Waals surface area contributed by atoms with Crippen molar-refractivity contribution >= 4 is 17.6 Å². The van der Waals surface area contributed by atoms with Gasteiger partial charge in [0.2, 0.25) is 5.91 Å². The highest BCUT2D eigenvalue weighted by Gasteiger charge is 2.54. The maximum Gasteiger partial charge on any atom is 0.311 e. The minimum Gasteiger partial charge on any atom is -0.459 e. The highest BCUT2D eigenvalue weighted by atomic mass is 16.7. The topological polar surface area (TPSA) is 207 Å². The van der Waals surface area contributed by atoms with Crippen molar-refractivity contribution in [2.45, 2.75) is 192 Å². The number of likely N-dealkylation sites (N-methyl/N-ethyl adjacent to an activating group) is 1. The third-order valence-corrected chi connectivity index (χ3v) is 14.1. The quantitative estimate of drug-likeness (QED) is 0.149. The summed E-state index contributed by atoms with van der Waals surface area (Å²) < 4.78 is 44.8. The molecule has 1 amide bonds. The van der Waals surface area contributed by atoms with Gasteiger partial charge in [-0.3, -0.25) is 9.59 Å². The van der Waals surface area contributed by atoms with Crippen molar-refractivity contribution in [1.29, 1.82) is 0 Å². The number of aliphatic hydroxyl groups is 4. The second kappa shape index (κ2) is 22.3. The first-order chi connectivity index (χ1) is 29.4. The van der Waals surface area contributed by atoms with Crippen molar-refractivity contribution in [2.24, 2.45) is 28.8 Å². The zero-order valence-corrected chi connectivity index (χ0v) is 40.1. The highest BCUT2D eigenvalue weighted by molar-refractivity contribution is 5.90. The van der Waals surface area contributed by atoms with E-state index in [-0.39, 0.29) is 43.7 Å². The molecule has 0 radical (unpaired) electrons. The fourth-order valence-corrected chi connectivity index (χ4v) is 9.89. The summed E-state index contributed by atoms with van der Waals surface area (Å²) in [7, 11) is 6.83. The molecular formula is C47H79N3O13. The predicted octanol–water partition coefficient (Wildman–Crippen LogP) is 3.98. The standard InChI is InChI=1S/C47H79N3O13/c1-15-34-47(10,56)40(53)28(4)37(49-48-35(51)22-21-32-19-17-16-18-20-32)26(2)24-46(9,58-14)42(63-44-38(52)33(50(11)12)23-27(3)59-44)29(5)39(30(6)43(55)61-34)62-36-25-45(8,57-13)41(54)31(7)60-36/h16-20,26-31,33-34,36,38-42,44,52-54,56H,15,21-25H2,1-14H3,(H,48,51)/b49-37+/t26-,27?,28+,29+,30-,31+,33?,34-,36+,38?,39+,40-,41+,42-,44?,45-,46-,47-/m1/s1. The van der Waals surface area contributed by atoms with Crippen LogP contribution in [-0.4, -0.2) is 155 Å². The van der Waals surface area contributed by atoms with Crippen LogP contribution >= 0.6 is 0 Å². The fraction of sp³-hybridized carbons (Fsp3) is 0.809. The Balaban J connectivity index is 1.87. The molecule has 1 aromatic rings. The van der Waals surface area contributed by atoms with E-state index in [1.807, 2.05) is 77.0 Å². The molecule has 63 heavy (non-hydrogen) atoms. The summed E-state index contributed by atoms with van der Waals surface area (Å²) in [5.41, 5.74) is -0.222. The molecule has 0 spiro atoms. The third-order valence-electron chi connectivity index (χ3n) is 14.1. The molecular weight excluding hydrogens is 815 g/mol. The van der Waals surface area contributed by atoms with E-state index in [0.29, 0.717) is 18.6 Å². The molecule has 0 bridgehead atoms. The molecule has 3 aliphatic rings. The van der Waals surface area contributed by atoms with Gasteiger partial charge in [-0.25, -0.2) is 5.43 Å². The molecule has 360 valence electrons. The van der Waals surface area contributed by atoms with Gasteiger partial charge in [0.05, 0.1) is 47.6 Å². The van der Waals surface area contributed by atoms with Gasteiger partial charge in [0, 0.05) is 50.7 Å². The third kappa shape index (κ3) is 12.4. The van der Waals surface area contributed by atoms with Crippen LogP contribution in [0.15, 0.2) is 35.4 Å². The van der Waals surface area contributed by atoms with Crippen molar-refractivity contribution in [3.8, 4) is 0 Å². The number of carbonyl (C=O) groups is 2. The highest BCUT2D eigenvalue weighted by Crippen LogP contribution is 2.42. The van der Waals surface area contributed by atoms with E-state index in [1.165, 1.54) is 14.0 Å². The summed E-state index contributed by atoms with van der Waals surface area (Å²) in [5, 5.41) is 51.7. The first-order valence-electron chi connectivity index (χ1n) is 22.7. The van der Waals surface area contributed by atoms with Gasteiger partial charge in [-0.1, -0.05) is 58.0 Å². The number of hydrazone groups is 1. The summed E-state index contributed by atoms with van der Waals surface area (Å²) in [5.74, 6) is -4.22. The summed E-state index contributed by atoms with van der Waals surface area (Å²) in [6.07, 6.45) is -8.18. The Morgan fingerprint density at radius 2 is 1.54 bits per heavy atom. The maximum atomic E-state index is 14.5. The van der Waals surface area contributed by atoms with Gasteiger partial charge in [-0.05, 0) is 92.8 Å². The van der Waals surface area contributed by atoms with E-state index in [1.54, 1.807) is 41.7 Å². The SMILES string of the molecule is CC[C@H]1OC(=O)[C@H](C)[C@@H](O[C@H]2C[C@@](C)(OC)[C@@H](O)[C@H](C)O2)[C@H](C)[C@@H](OC2OC(C)CC(N(C)C)C2O)[C@](C)(OC)C[C@@H](C)/C(=N\NC(=O)CCc2ccccc2)[C@H](C)[C@@H](O)[C@]1(C)O. The van der Waals surface area contributed by atoms with E-state index in [9.17, 15) is 30.0 Å². The predicted molar refractivity (Wildman–Crippen MR) is 236 cm³/mol. The number of rotatable bonds is 12. The second-order valence-electron chi connectivity index (χ2n) is 19.3. The molecule has 0 saturated carbocycles. The summed E-state index contributed by atoms with van der Waals surface area (Å²) in [6.45, 7) is 17.6.